The maximum atomic E-state index is 11.7. The summed E-state index contributed by atoms with van der Waals surface area (Å²) in [7, 11) is 0. The van der Waals surface area contributed by atoms with Gasteiger partial charge in [0.15, 0.2) is 12.4 Å². The first-order valence-corrected chi connectivity index (χ1v) is 3.46. The van der Waals surface area contributed by atoms with E-state index in [1.54, 1.807) is 0 Å². The molecular formula is C6H7F3N4O. The van der Waals surface area contributed by atoms with Crippen LogP contribution in [0.15, 0.2) is 6.20 Å². The molecule has 5 nitrogen and oxygen atoms in total. The maximum Gasteiger partial charge on any atom is 0.422 e. The van der Waals surface area contributed by atoms with Gasteiger partial charge in [0.2, 0.25) is 0 Å². The van der Waals surface area contributed by atoms with Crippen molar-refractivity contribution < 1.29 is 17.9 Å². The van der Waals surface area contributed by atoms with Gasteiger partial charge in [-0.25, -0.2) is 4.98 Å². The molecular weight excluding hydrogens is 201 g/mol. The van der Waals surface area contributed by atoms with Gasteiger partial charge in [-0.05, 0) is 0 Å². The molecule has 0 aromatic carbocycles. The molecule has 0 amide bonds. The number of ether oxygens (including phenoxy) is 1. The van der Waals surface area contributed by atoms with E-state index in [9.17, 15) is 13.2 Å². The minimum atomic E-state index is -4.45. The molecule has 0 aliphatic carbocycles. The Kier molecular flexibility index (Phi) is 2.63. The average Bonchev–Trinajstić information content (AvgIpc) is 2.05. The number of alkyl halides is 3. The van der Waals surface area contributed by atoms with E-state index in [1.807, 2.05) is 0 Å². The van der Waals surface area contributed by atoms with Crippen molar-refractivity contribution in [2.45, 2.75) is 6.18 Å². The molecule has 1 aromatic rings. The molecule has 0 bridgehead atoms. The summed E-state index contributed by atoms with van der Waals surface area (Å²) in [6.45, 7) is -1.48. The van der Waals surface area contributed by atoms with Gasteiger partial charge < -0.3 is 16.2 Å². The summed E-state index contributed by atoms with van der Waals surface area (Å²) in [6.07, 6.45) is -3.32. The van der Waals surface area contributed by atoms with Crippen molar-refractivity contribution in [2.24, 2.45) is 0 Å². The molecule has 0 aliphatic heterocycles. The molecule has 0 spiro atoms. The van der Waals surface area contributed by atoms with E-state index in [2.05, 4.69) is 14.7 Å². The lowest BCUT2D eigenvalue weighted by Gasteiger charge is -2.09. The molecule has 8 heteroatoms. The fourth-order valence-electron chi connectivity index (χ4n) is 0.651. The lowest BCUT2D eigenvalue weighted by Crippen LogP contribution is -2.20. The van der Waals surface area contributed by atoms with Crippen molar-refractivity contribution in [3.05, 3.63) is 6.20 Å². The number of rotatable bonds is 2. The minimum Gasteiger partial charge on any atom is -0.465 e. The van der Waals surface area contributed by atoms with E-state index in [0.717, 1.165) is 6.20 Å². The highest BCUT2D eigenvalue weighted by atomic mass is 19.4. The second-order valence-corrected chi connectivity index (χ2v) is 2.39. The molecule has 0 saturated heterocycles. The molecule has 0 unspecified atom stereocenters. The van der Waals surface area contributed by atoms with E-state index < -0.39 is 18.7 Å². The van der Waals surface area contributed by atoms with Crippen LogP contribution in [-0.4, -0.2) is 22.8 Å². The quantitative estimate of drug-likeness (QED) is 0.742. The number of anilines is 2. The topological polar surface area (TPSA) is 87.0 Å². The SMILES string of the molecule is Nc1cnc(N)c(OCC(F)(F)F)n1. The fraction of sp³-hybridized carbons (Fsp3) is 0.333. The maximum absolute atomic E-state index is 11.7. The lowest BCUT2D eigenvalue weighted by atomic mass is 10.6. The molecule has 14 heavy (non-hydrogen) atoms. The number of nitrogens with zero attached hydrogens (tertiary/aromatic N) is 2. The number of hydrogen-bond acceptors (Lipinski definition) is 5. The second-order valence-electron chi connectivity index (χ2n) is 2.39. The third-order valence-corrected chi connectivity index (χ3v) is 1.16. The van der Waals surface area contributed by atoms with Crippen LogP contribution in [0.3, 0.4) is 0 Å². The third kappa shape index (κ3) is 2.96. The average molecular weight is 208 g/mol. The van der Waals surface area contributed by atoms with E-state index in [0.29, 0.717) is 0 Å². The smallest absolute Gasteiger partial charge is 0.422 e. The largest absolute Gasteiger partial charge is 0.465 e. The van der Waals surface area contributed by atoms with Crippen LogP contribution in [0.2, 0.25) is 0 Å². The van der Waals surface area contributed by atoms with Gasteiger partial charge in [0.25, 0.3) is 5.88 Å². The number of halogens is 3. The van der Waals surface area contributed by atoms with Crippen LogP contribution < -0.4 is 16.2 Å². The monoisotopic (exact) mass is 208 g/mol. The molecule has 0 radical (unpaired) electrons. The molecule has 1 rings (SSSR count). The number of hydrogen-bond donors (Lipinski definition) is 2. The number of nitrogens with two attached hydrogens (primary N) is 2. The molecule has 1 heterocycles. The predicted octanol–water partition coefficient (Wildman–Crippen LogP) is 0.582. The second kappa shape index (κ2) is 3.56. The first kappa shape index (κ1) is 10.4. The van der Waals surface area contributed by atoms with Gasteiger partial charge in [-0.15, -0.1) is 0 Å². The van der Waals surface area contributed by atoms with Gasteiger partial charge in [-0.3, -0.25) is 0 Å². The van der Waals surface area contributed by atoms with Crippen molar-refractivity contribution in [1.82, 2.24) is 9.97 Å². The Bertz CT molecular complexity index is 327. The summed E-state index contributed by atoms with van der Waals surface area (Å²) in [6, 6.07) is 0. The minimum absolute atomic E-state index is 0.0589. The predicted molar refractivity (Wildman–Crippen MR) is 42.4 cm³/mol. The molecule has 78 valence electrons. The molecule has 1 aromatic heterocycles. The van der Waals surface area contributed by atoms with Gasteiger partial charge in [0.1, 0.15) is 5.82 Å². The summed E-state index contributed by atoms with van der Waals surface area (Å²) >= 11 is 0. The van der Waals surface area contributed by atoms with Crippen LogP contribution in [-0.2, 0) is 0 Å². The Labute approximate surface area is 76.9 Å². The Morgan fingerprint density at radius 3 is 2.57 bits per heavy atom. The van der Waals surface area contributed by atoms with Crippen LogP contribution in [0.5, 0.6) is 5.88 Å². The van der Waals surface area contributed by atoms with Gasteiger partial charge in [-0.1, -0.05) is 0 Å². The van der Waals surface area contributed by atoms with Gasteiger partial charge in [0, 0.05) is 0 Å². The molecule has 0 fully saturated rings. The van der Waals surface area contributed by atoms with Gasteiger partial charge in [-0.2, -0.15) is 18.2 Å². The highest BCUT2D eigenvalue weighted by Gasteiger charge is 2.29. The summed E-state index contributed by atoms with van der Waals surface area (Å²) < 4.78 is 39.5. The molecule has 0 aliphatic rings. The van der Waals surface area contributed by atoms with E-state index in [4.69, 9.17) is 11.5 Å². The van der Waals surface area contributed by atoms with E-state index >= 15 is 0 Å². The zero-order valence-electron chi connectivity index (χ0n) is 6.88. The van der Waals surface area contributed by atoms with Crippen molar-refractivity contribution in [1.29, 1.82) is 0 Å². The van der Waals surface area contributed by atoms with Crippen LogP contribution >= 0.6 is 0 Å². The van der Waals surface area contributed by atoms with Crippen molar-refractivity contribution in [2.75, 3.05) is 18.1 Å². The summed E-state index contributed by atoms with van der Waals surface area (Å²) in [5.74, 6) is -0.706. The number of nitrogen functional groups attached to an aromatic ring is 2. The van der Waals surface area contributed by atoms with Crippen LogP contribution in [0.25, 0.3) is 0 Å². The molecule has 0 saturated carbocycles. The van der Waals surface area contributed by atoms with Crippen LogP contribution in [0.4, 0.5) is 24.8 Å². The first-order chi connectivity index (χ1) is 6.38. The van der Waals surface area contributed by atoms with E-state index in [-0.39, 0.29) is 11.6 Å². The van der Waals surface area contributed by atoms with E-state index in [1.165, 1.54) is 0 Å². The summed E-state index contributed by atoms with van der Waals surface area (Å²) in [5.41, 5.74) is 10.4. The number of aromatic nitrogens is 2. The zero-order chi connectivity index (χ0) is 10.8. The third-order valence-electron chi connectivity index (χ3n) is 1.16. The van der Waals surface area contributed by atoms with Gasteiger partial charge in [0.05, 0.1) is 6.20 Å². The lowest BCUT2D eigenvalue weighted by molar-refractivity contribution is -0.153. The Balaban J connectivity index is 2.72. The van der Waals surface area contributed by atoms with Crippen molar-refractivity contribution in [3.63, 3.8) is 0 Å². The highest BCUT2D eigenvalue weighted by molar-refractivity contribution is 5.44. The molecule has 0 atom stereocenters. The van der Waals surface area contributed by atoms with Crippen molar-refractivity contribution >= 4 is 11.6 Å². The van der Waals surface area contributed by atoms with Crippen molar-refractivity contribution in [3.8, 4) is 5.88 Å². The Morgan fingerprint density at radius 1 is 1.36 bits per heavy atom. The van der Waals surface area contributed by atoms with Gasteiger partial charge >= 0.3 is 6.18 Å². The highest BCUT2D eigenvalue weighted by Crippen LogP contribution is 2.20. The molecule has 4 N–H and O–H groups in total. The first-order valence-electron chi connectivity index (χ1n) is 3.46. The summed E-state index contributed by atoms with van der Waals surface area (Å²) in [5, 5.41) is 0. The van der Waals surface area contributed by atoms with Crippen LogP contribution in [0, 0.1) is 0 Å². The summed E-state index contributed by atoms with van der Waals surface area (Å²) in [4.78, 5) is 6.92. The zero-order valence-corrected chi connectivity index (χ0v) is 6.88. The Morgan fingerprint density at radius 2 is 2.00 bits per heavy atom. The fourth-order valence-corrected chi connectivity index (χ4v) is 0.651. The Hall–Kier alpha value is -1.73. The normalized spacial score (nSPS) is 11.4. The van der Waals surface area contributed by atoms with Crippen LogP contribution in [0.1, 0.15) is 0 Å². The standard InChI is InChI=1S/C6H7F3N4O/c7-6(8,9)2-14-5-4(11)12-1-3(10)13-5/h1H,2H2,(H2,10,13)(H2,11,12).